The van der Waals surface area contributed by atoms with Gasteiger partial charge in [-0.15, -0.1) is 0 Å². The minimum atomic E-state index is 0.241. The lowest BCUT2D eigenvalue weighted by Crippen LogP contribution is -2.25. The Labute approximate surface area is 142 Å². The molecule has 0 aliphatic carbocycles. The first-order valence-corrected chi connectivity index (χ1v) is 8.66. The Balaban J connectivity index is 2.19. The maximum absolute atomic E-state index is 4.53. The normalized spacial score (nSPS) is 12.3. The van der Waals surface area contributed by atoms with Crippen molar-refractivity contribution in [2.45, 2.75) is 25.8 Å². The molecule has 4 heteroatoms. The average molecular weight is 445 g/mol. The summed E-state index contributed by atoms with van der Waals surface area (Å²) in [7, 11) is 0. The highest BCUT2D eigenvalue weighted by molar-refractivity contribution is 14.1. The van der Waals surface area contributed by atoms with Gasteiger partial charge in [0.1, 0.15) is 0 Å². The van der Waals surface area contributed by atoms with Crippen molar-refractivity contribution >= 4 is 38.5 Å². The Morgan fingerprint density at radius 1 is 1.25 bits per heavy atom. The molecule has 0 saturated heterocycles. The summed E-state index contributed by atoms with van der Waals surface area (Å²) in [5.74, 6) is 0. The number of hydrogen-bond donors (Lipinski definition) is 1. The fourth-order valence-electron chi connectivity index (χ4n) is 2.09. The lowest BCUT2D eigenvalue weighted by atomic mass is 10.0. The number of nitrogens with one attached hydrogen (secondary N) is 1. The van der Waals surface area contributed by atoms with Crippen LogP contribution in [0.2, 0.25) is 0 Å². The van der Waals surface area contributed by atoms with Crippen LogP contribution >= 0.6 is 38.5 Å². The highest BCUT2D eigenvalue weighted by Gasteiger charge is 2.15. The predicted octanol–water partition coefficient (Wildman–Crippen LogP) is 4.73. The first kappa shape index (κ1) is 15.9. The van der Waals surface area contributed by atoms with E-state index in [0.29, 0.717) is 0 Å². The van der Waals surface area contributed by atoms with Crippen LogP contribution in [0, 0.1) is 3.57 Å². The number of benzene rings is 1. The third kappa shape index (κ3) is 4.53. The molecule has 1 aromatic heterocycles. The Morgan fingerprint density at radius 2 is 2.00 bits per heavy atom. The van der Waals surface area contributed by atoms with Crippen LogP contribution in [0.15, 0.2) is 47.1 Å². The van der Waals surface area contributed by atoms with Crippen LogP contribution in [0.5, 0.6) is 0 Å². The zero-order valence-corrected chi connectivity index (χ0v) is 15.2. The van der Waals surface area contributed by atoms with Crippen molar-refractivity contribution < 1.29 is 0 Å². The van der Waals surface area contributed by atoms with Gasteiger partial charge in [0, 0.05) is 14.2 Å². The summed E-state index contributed by atoms with van der Waals surface area (Å²) in [6, 6.07) is 12.9. The van der Waals surface area contributed by atoms with Gasteiger partial charge in [-0.25, -0.2) is 0 Å². The minimum Gasteiger partial charge on any atom is -0.308 e. The third-order valence-corrected chi connectivity index (χ3v) is 4.50. The van der Waals surface area contributed by atoms with E-state index in [1.165, 1.54) is 9.13 Å². The van der Waals surface area contributed by atoms with Gasteiger partial charge in [0.25, 0.3) is 0 Å². The van der Waals surface area contributed by atoms with Crippen LogP contribution in [-0.4, -0.2) is 11.5 Å². The highest BCUT2D eigenvalue weighted by Crippen LogP contribution is 2.24. The standard InChI is InChI=1S/C16H18BrIN2/c1-2-9-19-15(16-14(17)4-3-10-20-16)11-12-5-7-13(18)8-6-12/h3-8,10,15,19H,2,9,11H2,1H3. The topological polar surface area (TPSA) is 24.9 Å². The summed E-state index contributed by atoms with van der Waals surface area (Å²) in [5, 5.41) is 3.60. The largest absolute Gasteiger partial charge is 0.308 e. The van der Waals surface area contributed by atoms with Gasteiger partial charge in [0.2, 0.25) is 0 Å². The number of hydrogen-bond acceptors (Lipinski definition) is 2. The second-order valence-electron chi connectivity index (χ2n) is 4.71. The lowest BCUT2D eigenvalue weighted by molar-refractivity contribution is 0.516. The van der Waals surface area contributed by atoms with Crippen LogP contribution in [-0.2, 0) is 6.42 Å². The molecule has 1 N–H and O–H groups in total. The van der Waals surface area contributed by atoms with Gasteiger partial charge in [-0.2, -0.15) is 0 Å². The number of aromatic nitrogens is 1. The number of rotatable bonds is 6. The van der Waals surface area contributed by atoms with Crippen LogP contribution in [0.3, 0.4) is 0 Å². The molecule has 2 aromatic rings. The second kappa shape index (κ2) is 8.10. The molecule has 2 nitrogen and oxygen atoms in total. The van der Waals surface area contributed by atoms with Gasteiger partial charge in [-0.05, 0) is 87.7 Å². The third-order valence-electron chi connectivity index (χ3n) is 3.11. The van der Waals surface area contributed by atoms with Gasteiger partial charge < -0.3 is 5.32 Å². The van der Waals surface area contributed by atoms with Gasteiger partial charge in [0.05, 0.1) is 11.7 Å². The maximum atomic E-state index is 4.53. The molecule has 1 unspecified atom stereocenters. The Kier molecular flexibility index (Phi) is 6.45. The van der Waals surface area contributed by atoms with E-state index in [9.17, 15) is 0 Å². The van der Waals surface area contributed by atoms with Crippen molar-refractivity contribution in [3.05, 3.63) is 61.9 Å². The molecule has 0 fully saturated rings. The molecule has 0 aliphatic heterocycles. The van der Waals surface area contributed by atoms with E-state index in [2.05, 4.69) is 86.1 Å². The summed E-state index contributed by atoms with van der Waals surface area (Å²) in [6.07, 6.45) is 3.93. The molecule has 1 aromatic carbocycles. The van der Waals surface area contributed by atoms with E-state index >= 15 is 0 Å². The summed E-state index contributed by atoms with van der Waals surface area (Å²) in [5.41, 5.74) is 2.41. The molecule has 0 bridgehead atoms. The van der Waals surface area contributed by atoms with Gasteiger partial charge in [-0.1, -0.05) is 19.1 Å². The van der Waals surface area contributed by atoms with Crippen molar-refractivity contribution in [1.82, 2.24) is 10.3 Å². The number of pyridine rings is 1. The van der Waals surface area contributed by atoms with Gasteiger partial charge in [-0.3, -0.25) is 4.98 Å². The monoisotopic (exact) mass is 444 g/mol. The minimum absolute atomic E-state index is 0.241. The second-order valence-corrected chi connectivity index (χ2v) is 6.81. The summed E-state index contributed by atoms with van der Waals surface area (Å²) in [6.45, 7) is 3.18. The molecule has 1 atom stereocenters. The molecular weight excluding hydrogens is 427 g/mol. The highest BCUT2D eigenvalue weighted by atomic mass is 127. The van der Waals surface area contributed by atoms with Crippen molar-refractivity contribution in [2.75, 3.05) is 6.54 Å². The predicted molar refractivity (Wildman–Crippen MR) is 95.8 cm³/mol. The summed E-state index contributed by atoms with van der Waals surface area (Å²) >= 11 is 5.94. The molecule has 0 amide bonds. The fourth-order valence-corrected chi connectivity index (χ4v) is 2.99. The molecule has 2 rings (SSSR count). The Morgan fingerprint density at radius 3 is 2.65 bits per heavy atom. The molecule has 0 saturated carbocycles. The van der Waals surface area contributed by atoms with Crippen LogP contribution in [0.1, 0.15) is 30.6 Å². The van der Waals surface area contributed by atoms with E-state index in [1.807, 2.05) is 12.3 Å². The van der Waals surface area contributed by atoms with Gasteiger partial charge in [0.15, 0.2) is 0 Å². The van der Waals surface area contributed by atoms with Crippen molar-refractivity contribution in [2.24, 2.45) is 0 Å². The molecular formula is C16H18BrIN2. The smallest absolute Gasteiger partial charge is 0.0718 e. The lowest BCUT2D eigenvalue weighted by Gasteiger charge is -2.19. The number of halogens is 2. The van der Waals surface area contributed by atoms with Crippen LogP contribution < -0.4 is 5.32 Å². The molecule has 0 radical (unpaired) electrons. The summed E-state index contributed by atoms with van der Waals surface area (Å²) < 4.78 is 2.34. The Hall–Kier alpha value is -0.460. The zero-order valence-electron chi connectivity index (χ0n) is 11.4. The van der Waals surface area contributed by atoms with Crippen LogP contribution in [0.4, 0.5) is 0 Å². The first-order chi connectivity index (χ1) is 9.70. The van der Waals surface area contributed by atoms with Crippen molar-refractivity contribution in [3.63, 3.8) is 0 Å². The molecule has 20 heavy (non-hydrogen) atoms. The van der Waals surface area contributed by atoms with Crippen molar-refractivity contribution in [3.8, 4) is 0 Å². The molecule has 0 spiro atoms. The van der Waals surface area contributed by atoms with E-state index in [4.69, 9.17) is 0 Å². The molecule has 1 heterocycles. The fraction of sp³-hybridized carbons (Fsp3) is 0.312. The SMILES string of the molecule is CCCNC(Cc1ccc(I)cc1)c1ncccc1Br. The number of nitrogens with zero attached hydrogens (tertiary/aromatic N) is 1. The van der Waals surface area contributed by atoms with Crippen LogP contribution in [0.25, 0.3) is 0 Å². The van der Waals surface area contributed by atoms with E-state index < -0.39 is 0 Å². The van der Waals surface area contributed by atoms with E-state index in [0.717, 1.165) is 29.6 Å². The Bertz CT molecular complexity index is 542. The first-order valence-electron chi connectivity index (χ1n) is 6.79. The zero-order chi connectivity index (χ0) is 14.4. The maximum Gasteiger partial charge on any atom is 0.0718 e. The van der Waals surface area contributed by atoms with Gasteiger partial charge >= 0.3 is 0 Å². The molecule has 0 aliphatic rings. The van der Waals surface area contributed by atoms with E-state index in [-0.39, 0.29) is 6.04 Å². The van der Waals surface area contributed by atoms with E-state index in [1.54, 1.807) is 0 Å². The average Bonchev–Trinajstić information content (AvgIpc) is 2.46. The molecule has 106 valence electrons. The van der Waals surface area contributed by atoms with Crippen molar-refractivity contribution in [1.29, 1.82) is 0 Å². The summed E-state index contributed by atoms with van der Waals surface area (Å²) in [4.78, 5) is 4.53. The quantitative estimate of drug-likeness (QED) is 0.651.